The second-order valence-electron chi connectivity index (χ2n) is 5.14. The van der Waals surface area contributed by atoms with Crippen molar-refractivity contribution in [3.05, 3.63) is 0 Å². The lowest BCUT2D eigenvalue weighted by Gasteiger charge is -2.30. The van der Waals surface area contributed by atoms with E-state index in [9.17, 15) is 24.9 Å². The molecule has 0 saturated heterocycles. The number of ketones is 1. The van der Waals surface area contributed by atoms with Crippen molar-refractivity contribution in [3.63, 3.8) is 0 Å². The fraction of sp³-hybridized carbons (Fsp3) is 0.846. The van der Waals surface area contributed by atoms with Gasteiger partial charge in [0.2, 0.25) is 5.78 Å². The van der Waals surface area contributed by atoms with Crippen LogP contribution in [-0.4, -0.2) is 64.3 Å². The Morgan fingerprint density at radius 1 is 1.29 bits per heavy atom. The number of carbonyl (C=O) groups is 2. The van der Waals surface area contributed by atoms with Gasteiger partial charge in [0.25, 0.3) is 0 Å². The molecule has 0 aromatic rings. The molecular weight excluding hydrogens is 282 g/mol. The van der Waals surface area contributed by atoms with Gasteiger partial charge in [-0.2, -0.15) is 0 Å². The molecule has 8 nitrogen and oxygen atoms in total. The zero-order chi connectivity index (χ0) is 16.6. The van der Waals surface area contributed by atoms with Crippen molar-refractivity contribution in [1.29, 1.82) is 0 Å². The molecule has 0 aliphatic carbocycles. The van der Waals surface area contributed by atoms with Crippen LogP contribution in [0.15, 0.2) is 0 Å². The van der Waals surface area contributed by atoms with Crippen LogP contribution in [0.5, 0.6) is 0 Å². The quantitative estimate of drug-likeness (QED) is 0.222. The second kappa shape index (κ2) is 9.06. The number of rotatable bonds is 10. The van der Waals surface area contributed by atoms with Crippen molar-refractivity contribution in [2.45, 2.75) is 57.7 Å². The Morgan fingerprint density at radius 3 is 2.29 bits per heavy atom. The van der Waals surface area contributed by atoms with Gasteiger partial charge in [-0.25, -0.2) is 4.79 Å². The topological polar surface area (TPSA) is 139 Å². The molecular formula is C13H25NO7. The third-order valence-corrected chi connectivity index (χ3v) is 2.54. The van der Waals surface area contributed by atoms with Crippen LogP contribution in [0.1, 0.15) is 33.6 Å². The molecule has 3 atom stereocenters. The molecule has 0 aromatic heterocycles. The van der Waals surface area contributed by atoms with E-state index in [2.05, 4.69) is 4.74 Å². The van der Waals surface area contributed by atoms with Crippen molar-refractivity contribution in [3.8, 4) is 0 Å². The Bertz CT molecular complexity index is 340. The second-order valence-corrected chi connectivity index (χ2v) is 5.14. The molecule has 21 heavy (non-hydrogen) atoms. The fourth-order valence-corrected chi connectivity index (χ4v) is 1.67. The minimum absolute atomic E-state index is 0.0665. The maximum absolute atomic E-state index is 11.4. The van der Waals surface area contributed by atoms with E-state index in [1.54, 1.807) is 6.92 Å². The Morgan fingerprint density at radius 2 is 1.86 bits per heavy atom. The summed E-state index contributed by atoms with van der Waals surface area (Å²) in [7, 11) is 0. The van der Waals surface area contributed by atoms with Crippen LogP contribution < -0.4 is 5.73 Å². The van der Waals surface area contributed by atoms with E-state index in [0.717, 1.165) is 0 Å². The Labute approximate surface area is 123 Å². The van der Waals surface area contributed by atoms with Crippen molar-refractivity contribution < 1.29 is 34.4 Å². The highest BCUT2D eigenvalue weighted by molar-refractivity contribution is 6.33. The number of Topliss-reactive ketones (excluding diaryl/α,β-unsaturated/α-hetero) is 1. The highest BCUT2D eigenvalue weighted by Gasteiger charge is 2.30. The van der Waals surface area contributed by atoms with Crippen LogP contribution in [0, 0.1) is 0 Å². The van der Waals surface area contributed by atoms with Crippen molar-refractivity contribution in [2.24, 2.45) is 5.73 Å². The van der Waals surface area contributed by atoms with Crippen LogP contribution in [0.25, 0.3) is 0 Å². The number of carbonyl (C=O) groups excluding carboxylic acids is 2. The summed E-state index contributed by atoms with van der Waals surface area (Å²) in [5, 5.41) is 29.1. The molecule has 0 fully saturated rings. The highest BCUT2D eigenvalue weighted by Crippen LogP contribution is 2.17. The Hall–Kier alpha value is -1.06. The molecule has 124 valence electrons. The van der Waals surface area contributed by atoms with Crippen LogP contribution in [0.4, 0.5) is 0 Å². The highest BCUT2D eigenvalue weighted by atomic mass is 16.6. The van der Waals surface area contributed by atoms with Gasteiger partial charge in [-0.05, 0) is 20.8 Å². The normalized spacial score (nSPS) is 16.1. The van der Waals surface area contributed by atoms with E-state index >= 15 is 0 Å². The summed E-state index contributed by atoms with van der Waals surface area (Å²) in [5.74, 6) is -3.42. The summed E-state index contributed by atoms with van der Waals surface area (Å²) in [4.78, 5) is 22.6. The first-order chi connectivity index (χ1) is 9.60. The predicted molar refractivity (Wildman–Crippen MR) is 73.1 cm³/mol. The van der Waals surface area contributed by atoms with E-state index in [-0.39, 0.29) is 19.6 Å². The average Bonchev–Trinajstić information content (AvgIpc) is 2.35. The van der Waals surface area contributed by atoms with Crippen LogP contribution in [0.3, 0.4) is 0 Å². The maximum Gasteiger partial charge on any atom is 0.374 e. The summed E-state index contributed by atoms with van der Waals surface area (Å²) in [5.41, 5.74) is 5.32. The van der Waals surface area contributed by atoms with Gasteiger partial charge in [-0.3, -0.25) is 4.79 Å². The van der Waals surface area contributed by atoms with Crippen LogP contribution >= 0.6 is 0 Å². The summed E-state index contributed by atoms with van der Waals surface area (Å²) < 4.78 is 9.71. The molecule has 0 amide bonds. The molecule has 2 unspecified atom stereocenters. The number of hydrogen-bond acceptors (Lipinski definition) is 8. The minimum Gasteiger partial charge on any atom is -0.460 e. The van der Waals surface area contributed by atoms with Gasteiger partial charge in [-0.1, -0.05) is 0 Å². The molecule has 0 spiro atoms. The van der Waals surface area contributed by atoms with Gasteiger partial charge in [0.05, 0.1) is 24.9 Å². The van der Waals surface area contributed by atoms with Crippen LogP contribution in [-0.2, 0) is 19.1 Å². The van der Waals surface area contributed by atoms with Gasteiger partial charge in [0.15, 0.2) is 5.79 Å². The number of ether oxygens (including phenoxy) is 2. The zero-order valence-electron chi connectivity index (χ0n) is 12.6. The van der Waals surface area contributed by atoms with Gasteiger partial charge >= 0.3 is 5.97 Å². The largest absolute Gasteiger partial charge is 0.460 e. The number of hydrogen-bond donors (Lipinski definition) is 4. The SMILES string of the molecule is CCOC(=O)C(=O)CC(O)CC(OC(C)(C)O)[C@H](O)CN. The number of aliphatic hydroxyl groups is 3. The summed E-state index contributed by atoms with van der Waals surface area (Å²) >= 11 is 0. The third-order valence-electron chi connectivity index (χ3n) is 2.54. The molecule has 0 aliphatic heterocycles. The van der Waals surface area contributed by atoms with Crippen LogP contribution in [0.2, 0.25) is 0 Å². The van der Waals surface area contributed by atoms with Gasteiger partial charge in [-0.15, -0.1) is 0 Å². The fourth-order valence-electron chi connectivity index (χ4n) is 1.67. The maximum atomic E-state index is 11.4. The van der Waals surface area contributed by atoms with Gasteiger partial charge in [0, 0.05) is 19.4 Å². The smallest absolute Gasteiger partial charge is 0.374 e. The molecule has 0 aromatic carbocycles. The summed E-state index contributed by atoms with van der Waals surface area (Å²) in [6.45, 7) is 4.21. The molecule has 8 heteroatoms. The minimum atomic E-state index is -1.54. The van der Waals surface area contributed by atoms with Gasteiger partial charge < -0.3 is 30.5 Å². The lowest BCUT2D eigenvalue weighted by atomic mass is 10.0. The van der Waals surface area contributed by atoms with Crippen molar-refractivity contribution >= 4 is 11.8 Å². The average molecular weight is 307 g/mol. The molecule has 0 rings (SSSR count). The van der Waals surface area contributed by atoms with E-state index in [1.807, 2.05) is 0 Å². The lowest BCUT2D eigenvalue weighted by molar-refractivity contribution is -0.229. The van der Waals surface area contributed by atoms with Crippen molar-refractivity contribution in [2.75, 3.05) is 13.2 Å². The zero-order valence-corrected chi connectivity index (χ0v) is 12.6. The summed E-state index contributed by atoms with van der Waals surface area (Å²) in [6, 6.07) is 0. The summed E-state index contributed by atoms with van der Waals surface area (Å²) in [6.07, 6.45) is -3.94. The molecule has 0 saturated carbocycles. The standard InChI is InChI=1S/C13H25NO7/c1-4-20-12(18)9(16)5-8(15)6-11(10(17)7-14)21-13(2,3)19/h8,10-11,15,17,19H,4-7,14H2,1-3H3/t8?,10-,11?/m1/s1. The first-order valence-electron chi connectivity index (χ1n) is 6.77. The van der Waals surface area contributed by atoms with Crippen molar-refractivity contribution in [1.82, 2.24) is 0 Å². The van der Waals surface area contributed by atoms with E-state index in [0.29, 0.717) is 0 Å². The van der Waals surface area contributed by atoms with E-state index in [4.69, 9.17) is 10.5 Å². The molecule has 0 bridgehead atoms. The number of nitrogens with two attached hydrogens (primary N) is 1. The Kier molecular flexibility index (Phi) is 8.60. The number of esters is 1. The predicted octanol–water partition coefficient (Wildman–Crippen LogP) is -1.31. The molecule has 0 radical (unpaired) electrons. The molecule has 5 N–H and O–H groups in total. The first kappa shape index (κ1) is 19.9. The van der Waals surface area contributed by atoms with Gasteiger partial charge in [0.1, 0.15) is 0 Å². The molecule has 0 aliphatic rings. The lowest BCUT2D eigenvalue weighted by Crippen LogP contribution is -2.43. The molecule has 0 heterocycles. The monoisotopic (exact) mass is 307 g/mol. The van der Waals surface area contributed by atoms with E-state index in [1.165, 1.54) is 13.8 Å². The third kappa shape index (κ3) is 8.74. The van der Waals surface area contributed by atoms with E-state index < -0.39 is 42.3 Å². The Balaban J connectivity index is 4.56. The number of aliphatic hydroxyl groups excluding tert-OH is 2. The first-order valence-corrected chi connectivity index (χ1v) is 6.77.